The molecule has 0 radical (unpaired) electrons. The molecule has 0 fully saturated rings. The van der Waals surface area contributed by atoms with Crippen LogP contribution < -0.4 is 5.30 Å². The first kappa shape index (κ1) is 20.6. The second kappa shape index (κ2) is 7.51. The summed E-state index contributed by atoms with van der Waals surface area (Å²) in [6.45, 7) is 4.75. The molecule has 3 rings (SSSR count). The molecule has 0 amide bonds. The lowest BCUT2D eigenvalue weighted by atomic mass is 10.2. The monoisotopic (exact) mass is 402 g/mol. The molecule has 26 heavy (non-hydrogen) atoms. The van der Waals surface area contributed by atoms with E-state index in [1.807, 2.05) is 0 Å². The van der Waals surface area contributed by atoms with Crippen molar-refractivity contribution in [3.8, 4) is 0 Å². The first-order valence-electron chi connectivity index (χ1n) is 7.77. The van der Waals surface area contributed by atoms with Crippen molar-refractivity contribution in [2.75, 3.05) is 6.66 Å². The van der Waals surface area contributed by atoms with Gasteiger partial charge in [-0.05, 0) is 12.1 Å². The topological polar surface area (TPSA) is 57.2 Å². The molecule has 0 saturated heterocycles. The summed E-state index contributed by atoms with van der Waals surface area (Å²) in [7, 11) is -7.22. The highest BCUT2D eigenvalue weighted by atomic mass is 32.2. The van der Waals surface area contributed by atoms with Crippen LogP contribution in [0.15, 0.2) is 66.0 Å². The van der Waals surface area contributed by atoms with Gasteiger partial charge in [-0.15, -0.1) is 0 Å². The van der Waals surface area contributed by atoms with Crippen molar-refractivity contribution < 1.29 is 26.1 Å². The summed E-state index contributed by atoms with van der Waals surface area (Å²) < 4.78 is 58.9. The van der Waals surface area contributed by atoms with E-state index in [1.54, 1.807) is 10.6 Å². The van der Waals surface area contributed by atoms with E-state index >= 15 is 0 Å². The molecule has 140 valence electrons. The fourth-order valence-electron chi connectivity index (χ4n) is 2.90. The van der Waals surface area contributed by atoms with Crippen LogP contribution >= 0.6 is 7.26 Å². The second-order valence-corrected chi connectivity index (χ2v) is 10.6. The van der Waals surface area contributed by atoms with Crippen LogP contribution in [0.25, 0.3) is 5.31 Å². The fraction of sp³-hybridized carbons (Fsp3) is 0.222. The maximum Gasteiger partial charge on any atom is 0.485 e. The third-order valence-corrected chi connectivity index (χ3v) is 8.86. The van der Waals surface area contributed by atoms with E-state index in [0.717, 1.165) is 0 Å². The van der Waals surface area contributed by atoms with Crippen molar-refractivity contribution in [2.24, 2.45) is 0 Å². The van der Waals surface area contributed by atoms with Gasteiger partial charge in [0.2, 0.25) is 0 Å². The minimum Gasteiger partial charge on any atom is -0.741 e. The smallest absolute Gasteiger partial charge is 0.485 e. The average molecular weight is 402 g/mol. The quantitative estimate of drug-likeness (QED) is 0.421. The summed E-state index contributed by atoms with van der Waals surface area (Å²) in [5, 5.41) is 4.86. The molecule has 8 heteroatoms. The Morgan fingerprint density at radius 3 is 1.77 bits per heavy atom. The van der Waals surface area contributed by atoms with E-state index in [4.69, 9.17) is 13.0 Å². The minimum absolute atomic E-state index is 1.13. The zero-order valence-corrected chi connectivity index (χ0v) is 15.9. The fourth-order valence-corrected chi connectivity index (χ4v) is 7.04. The van der Waals surface area contributed by atoms with Crippen molar-refractivity contribution in [3.63, 3.8) is 0 Å². The van der Waals surface area contributed by atoms with Gasteiger partial charge >= 0.3 is 5.51 Å². The summed E-state index contributed by atoms with van der Waals surface area (Å²) in [4.78, 5) is 0. The maximum atomic E-state index is 10.7. The highest BCUT2D eigenvalue weighted by molar-refractivity contribution is 8.02. The van der Waals surface area contributed by atoms with Crippen molar-refractivity contribution in [1.82, 2.24) is 0 Å². The zero-order chi connectivity index (χ0) is 19.6. The Morgan fingerprint density at radius 1 is 0.962 bits per heavy atom. The van der Waals surface area contributed by atoms with E-state index in [1.165, 1.54) is 17.3 Å². The molecule has 1 atom stereocenters. The molecule has 0 saturated carbocycles. The molecule has 1 aliphatic heterocycles. The van der Waals surface area contributed by atoms with Crippen molar-refractivity contribution in [1.29, 1.82) is 0 Å². The summed E-state index contributed by atoms with van der Waals surface area (Å²) in [5.74, 6) is 0. The van der Waals surface area contributed by atoms with Gasteiger partial charge in [-0.25, -0.2) is 8.42 Å². The predicted molar refractivity (Wildman–Crippen MR) is 98.3 cm³/mol. The Hall–Kier alpha value is -1.69. The molecule has 3 nitrogen and oxygen atoms in total. The van der Waals surface area contributed by atoms with Crippen LogP contribution in [0.3, 0.4) is 0 Å². The Labute approximate surface area is 151 Å². The van der Waals surface area contributed by atoms with Crippen LogP contribution in [0.4, 0.5) is 13.2 Å². The summed E-state index contributed by atoms with van der Waals surface area (Å²) in [6, 6.07) is 21.9. The summed E-state index contributed by atoms with van der Waals surface area (Å²) in [6.07, 6.45) is 1.18. The Morgan fingerprint density at radius 2 is 1.38 bits per heavy atom. The highest BCUT2D eigenvalue weighted by Crippen LogP contribution is 2.87. The largest absolute Gasteiger partial charge is 0.741 e. The molecule has 1 heterocycles. The van der Waals surface area contributed by atoms with E-state index in [2.05, 4.69) is 74.3 Å². The van der Waals surface area contributed by atoms with Gasteiger partial charge in [0.25, 0.3) is 0 Å². The van der Waals surface area contributed by atoms with Crippen LogP contribution in [0.2, 0.25) is 0 Å². The SMILES string of the molecule is CCC1=C(c2ccccc2)[P+]1(C)c1ccccc1.O=S(=O)([O-])C(F)(F)F. The van der Waals surface area contributed by atoms with Gasteiger partial charge in [-0.2, -0.15) is 13.2 Å². The van der Waals surface area contributed by atoms with Crippen LogP contribution in [0.1, 0.15) is 18.9 Å². The standard InChI is InChI=1S/C17H18P.CHF3O3S/c1-3-16-17(14-10-6-4-7-11-14)18(16,2)15-12-8-5-9-13-15;2-1(3,4)8(5,6)7/h4-13H,3H2,1-2H3;(H,5,6,7)/q+1;/p-1. The Bertz CT molecular complexity index is 894. The molecule has 0 spiro atoms. The second-order valence-electron chi connectivity index (χ2n) is 5.76. The lowest BCUT2D eigenvalue weighted by molar-refractivity contribution is -0.0517. The highest BCUT2D eigenvalue weighted by Gasteiger charge is 2.60. The number of hydrogen-bond acceptors (Lipinski definition) is 3. The van der Waals surface area contributed by atoms with Gasteiger partial charge in [0.1, 0.15) is 23.2 Å². The molecule has 2 aromatic carbocycles. The van der Waals surface area contributed by atoms with E-state index in [9.17, 15) is 13.2 Å². The number of hydrogen-bond donors (Lipinski definition) is 0. The molecule has 0 N–H and O–H groups in total. The molecule has 2 aromatic rings. The third-order valence-electron chi connectivity index (χ3n) is 4.15. The van der Waals surface area contributed by atoms with Crippen LogP contribution in [-0.4, -0.2) is 25.1 Å². The first-order valence-corrected chi connectivity index (χ1v) is 11.4. The van der Waals surface area contributed by atoms with Crippen LogP contribution in [-0.2, 0) is 10.1 Å². The molecule has 1 aliphatic rings. The first-order chi connectivity index (χ1) is 12.0. The molecule has 0 aromatic heterocycles. The van der Waals surface area contributed by atoms with E-state index in [0.29, 0.717) is 0 Å². The van der Waals surface area contributed by atoms with Gasteiger partial charge in [-0.3, -0.25) is 0 Å². The number of rotatable bonds is 3. The van der Waals surface area contributed by atoms with Crippen molar-refractivity contribution in [3.05, 3.63) is 71.5 Å². The van der Waals surface area contributed by atoms with Gasteiger partial charge < -0.3 is 4.55 Å². The number of halogens is 3. The van der Waals surface area contributed by atoms with Gasteiger partial charge in [0.05, 0.1) is 6.66 Å². The minimum atomic E-state index is -6.09. The van der Waals surface area contributed by atoms with Crippen LogP contribution in [0, 0.1) is 0 Å². The van der Waals surface area contributed by atoms with E-state index in [-0.39, 0.29) is 0 Å². The lowest BCUT2D eigenvalue weighted by Gasteiger charge is -2.08. The molecule has 1 unspecified atom stereocenters. The van der Waals surface area contributed by atoms with Crippen molar-refractivity contribution in [2.45, 2.75) is 18.9 Å². The molecule has 0 aliphatic carbocycles. The number of allylic oxidation sites excluding steroid dienone is 1. The van der Waals surface area contributed by atoms with Gasteiger partial charge in [-0.1, -0.05) is 55.5 Å². The summed E-state index contributed by atoms with van der Waals surface area (Å²) >= 11 is 0. The predicted octanol–water partition coefficient (Wildman–Crippen LogP) is 4.80. The van der Waals surface area contributed by atoms with Crippen LogP contribution in [0.5, 0.6) is 0 Å². The normalized spacial score (nSPS) is 19.6. The van der Waals surface area contributed by atoms with Crippen molar-refractivity contribution >= 4 is 28.0 Å². The Kier molecular flexibility index (Phi) is 5.95. The van der Waals surface area contributed by atoms with Gasteiger partial charge in [0.15, 0.2) is 10.1 Å². The average Bonchev–Trinajstić information content (AvgIpc) is 3.21. The Balaban J connectivity index is 0.000000260. The number of benzene rings is 2. The summed E-state index contributed by atoms with van der Waals surface area (Å²) in [5.41, 5.74) is -4.22. The number of alkyl halides is 3. The van der Waals surface area contributed by atoms with Gasteiger partial charge in [0, 0.05) is 12.0 Å². The lowest BCUT2D eigenvalue weighted by Crippen LogP contribution is -2.21. The zero-order valence-electron chi connectivity index (χ0n) is 14.2. The van der Waals surface area contributed by atoms with E-state index < -0.39 is 22.9 Å². The molecular weight excluding hydrogens is 384 g/mol. The molecule has 0 bridgehead atoms. The third kappa shape index (κ3) is 4.17. The molecular formula is C18H18F3O3PS. The maximum absolute atomic E-state index is 10.7.